The highest BCUT2D eigenvalue weighted by molar-refractivity contribution is 6.32. The molecule has 0 heterocycles. The number of halogens is 1. The van der Waals surface area contributed by atoms with E-state index in [0.29, 0.717) is 44.6 Å². The Balaban J connectivity index is 1.72. The summed E-state index contributed by atoms with van der Waals surface area (Å²) in [5.74, 6) is 1.03. The highest BCUT2D eigenvalue weighted by Gasteiger charge is 2.11. The fourth-order valence-corrected chi connectivity index (χ4v) is 3.02. The van der Waals surface area contributed by atoms with Crippen LogP contribution in [0.5, 0.6) is 17.2 Å². The summed E-state index contributed by atoms with van der Waals surface area (Å²) in [4.78, 5) is 12.4. The van der Waals surface area contributed by atoms with Crippen LogP contribution in [0.4, 0.5) is 5.69 Å². The van der Waals surface area contributed by atoms with E-state index in [-0.39, 0.29) is 12.3 Å². The number of carbonyl (C=O) groups is 1. The molecular weight excluding hydrogens is 402 g/mol. The third kappa shape index (κ3) is 5.08. The number of rotatable bonds is 6. The van der Waals surface area contributed by atoms with Crippen LogP contribution in [0, 0.1) is 22.7 Å². The largest absolute Gasteiger partial charge is 0.495 e. The molecule has 0 saturated carbocycles. The number of carbonyl (C=O) groups excluding carboxylic acids is 1. The van der Waals surface area contributed by atoms with Gasteiger partial charge in [-0.15, -0.1) is 0 Å². The average Bonchev–Trinajstić information content (AvgIpc) is 2.75. The van der Waals surface area contributed by atoms with Crippen LogP contribution in [0.1, 0.15) is 16.7 Å². The number of nitrogens with zero attached hydrogens (tertiary/aromatic N) is 2. The number of anilines is 1. The van der Waals surface area contributed by atoms with Gasteiger partial charge in [-0.3, -0.25) is 4.79 Å². The summed E-state index contributed by atoms with van der Waals surface area (Å²) in [6.45, 7) is 0. The fraction of sp³-hybridized carbons (Fsp3) is 0.0870. The molecule has 0 atom stereocenters. The first-order valence-electron chi connectivity index (χ1n) is 8.87. The molecule has 0 bridgehead atoms. The molecule has 0 aliphatic rings. The molecule has 6 nitrogen and oxygen atoms in total. The van der Waals surface area contributed by atoms with Crippen LogP contribution in [0.2, 0.25) is 5.02 Å². The number of methoxy groups -OCH3 is 1. The van der Waals surface area contributed by atoms with Gasteiger partial charge in [-0.05, 0) is 48.0 Å². The SMILES string of the molecule is COc1ccccc1NC(=O)Cc1ccc(Oc2cc(C#N)cc(C#N)c2)c(Cl)c1. The lowest BCUT2D eigenvalue weighted by Crippen LogP contribution is -2.15. The van der Waals surface area contributed by atoms with Crippen molar-refractivity contribution in [3.05, 3.63) is 82.4 Å². The minimum absolute atomic E-state index is 0.112. The van der Waals surface area contributed by atoms with Crippen LogP contribution >= 0.6 is 11.6 Å². The highest BCUT2D eigenvalue weighted by atomic mass is 35.5. The minimum Gasteiger partial charge on any atom is -0.495 e. The van der Waals surface area contributed by atoms with Crippen LogP contribution in [0.15, 0.2) is 60.7 Å². The van der Waals surface area contributed by atoms with E-state index in [2.05, 4.69) is 5.32 Å². The van der Waals surface area contributed by atoms with Gasteiger partial charge in [-0.25, -0.2) is 0 Å². The molecule has 3 rings (SSSR count). The monoisotopic (exact) mass is 417 g/mol. The molecule has 148 valence electrons. The molecule has 3 aromatic rings. The molecule has 0 aliphatic heterocycles. The van der Waals surface area contributed by atoms with E-state index < -0.39 is 0 Å². The quantitative estimate of drug-likeness (QED) is 0.604. The fourth-order valence-electron chi connectivity index (χ4n) is 2.78. The second-order valence-corrected chi connectivity index (χ2v) is 6.67. The first-order chi connectivity index (χ1) is 14.5. The van der Waals surface area contributed by atoms with Gasteiger partial charge >= 0.3 is 0 Å². The number of ether oxygens (including phenoxy) is 2. The smallest absolute Gasteiger partial charge is 0.228 e. The van der Waals surface area contributed by atoms with Crippen molar-refractivity contribution < 1.29 is 14.3 Å². The number of nitrogens with one attached hydrogen (secondary N) is 1. The Kier molecular flexibility index (Phi) is 6.54. The Labute approximate surface area is 178 Å². The van der Waals surface area contributed by atoms with E-state index in [9.17, 15) is 4.79 Å². The zero-order chi connectivity index (χ0) is 21.5. The number of benzene rings is 3. The van der Waals surface area contributed by atoms with Crippen molar-refractivity contribution in [3.8, 4) is 29.4 Å². The molecular formula is C23H16ClN3O3. The van der Waals surface area contributed by atoms with Crippen molar-refractivity contribution in [2.24, 2.45) is 0 Å². The number of para-hydroxylation sites is 2. The number of hydrogen-bond donors (Lipinski definition) is 1. The van der Waals surface area contributed by atoms with E-state index in [1.165, 1.54) is 25.3 Å². The van der Waals surface area contributed by atoms with Gasteiger partial charge in [0, 0.05) is 0 Å². The van der Waals surface area contributed by atoms with Gasteiger partial charge in [-0.1, -0.05) is 29.8 Å². The first-order valence-corrected chi connectivity index (χ1v) is 9.24. The summed E-state index contributed by atoms with van der Waals surface area (Å²) in [5.41, 5.74) is 1.90. The lowest BCUT2D eigenvalue weighted by molar-refractivity contribution is -0.115. The second kappa shape index (κ2) is 9.47. The maximum absolute atomic E-state index is 12.4. The third-order valence-electron chi connectivity index (χ3n) is 4.13. The number of hydrogen-bond acceptors (Lipinski definition) is 5. The molecule has 0 aromatic heterocycles. The standard InChI is InChI=1S/C23H16ClN3O3/c1-29-22-5-3-2-4-20(22)27-23(28)12-15-6-7-21(19(24)11-15)30-18-9-16(13-25)8-17(10-18)14-26/h2-11H,12H2,1H3,(H,27,28). The lowest BCUT2D eigenvalue weighted by atomic mass is 10.1. The molecule has 0 fully saturated rings. The summed E-state index contributed by atoms with van der Waals surface area (Å²) in [7, 11) is 1.54. The van der Waals surface area contributed by atoms with Crippen LogP contribution in [-0.2, 0) is 11.2 Å². The molecule has 3 aromatic carbocycles. The molecule has 1 amide bonds. The molecule has 0 unspecified atom stereocenters. The Bertz CT molecular complexity index is 1150. The van der Waals surface area contributed by atoms with E-state index in [4.69, 9.17) is 31.6 Å². The van der Waals surface area contributed by atoms with E-state index in [1.807, 2.05) is 18.2 Å². The van der Waals surface area contributed by atoms with Gasteiger partial charge < -0.3 is 14.8 Å². The maximum atomic E-state index is 12.4. The summed E-state index contributed by atoms with van der Waals surface area (Å²) >= 11 is 6.31. The van der Waals surface area contributed by atoms with E-state index >= 15 is 0 Å². The molecule has 7 heteroatoms. The van der Waals surface area contributed by atoms with Gasteiger partial charge in [0.05, 0.1) is 47.5 Å². The van der Waals surface area contributed by atoms with Gasteiger partial charge in [0.1, 0.15) is 17.2 Å². The lowest BCUT2D eigenvalue weighted by Gasteiger charge is -2.11. The third-order valence-corrected chi connectivity index (χ3v) is 4.43. The predicted molar refractivity (Wildman–Crippen MR) is 113 cm³/mol. The van der Waals surface area contributed by atoms with Gasteiger partial charge in [0.25, 0.3) is 0 Å². The topological polar surface area (TPSA) is 95.1 Å². The van der Waals surface area contributed by atoms with Crippen molar-refractivity contribution in [3.63, 3.8) is 0 Å². The average molecular weight is 418 g/mol. The zero-order valence-electron chi connectivity index (χ0n) is 16.0. The van der Waals surface area contributed by atoms with Gasteiger partial charge in [-0.2, -0.15) is 10.5 Å². The highest BCUT2D eigenvalue weighted by Crippen LogP contribution is 2.31. The molecule has 0 aliphatic carbocycles. The minimum atomic E-state index is -0.218. The molecule has 0 saturated heterocycles. The second-order valence-electron chi connectivity index (χ2n) is 6.26. The molecule has 0 radical (unpaired) electrons. The Hall–Kier alpha value is -4.00. The van der Waals surface area contributed by atoms with Crippen molar-refractivity contribution >= 4 is 23.2 Å². The Morgan fingerprint density at radius 3 is 2.33 bits per heavy atom. The van der Waals surface area contributed by atoms with Crippen molar-refractivity contribution in [1.82, 2.24) is 0 Å². The van der Waals surface area contributed by atoms with Crippen LogP contribution < -0.4 is 14.8 Å². The first kappa shape index (κ1) is 20.7. The predicted octanol–water partition coefficient (Wildman–Crippen LogP) is 5.07. The van der Waals surface area contributed by atoms with Crippen molar-refractivity contribution in [1.29, 1.82) is 10.5 Å². The van der Waals surface area contributed by atoms with Crippen LogP contribution in [0.25, 0.3) is 0 Å². The summed E-state index contributed by atoms with van der Waals surface area (Å²) in [6, 6.07) is 20.6. The maximum Gasteiger partial charge on any atom is 0.228 e. The normalized spacial score (nSPS) is 9.87. The summed E-state index contributed by atoms with van der Waals surface area (Å²) < 4.78 is 11.0. The van der Waals surface area contributed by atoms with Crippen molar-refractivity contribution in [2.45, 2.75) is 6.42 Å². The van der Waals surface area contributed by atoms with E-state index in [0.717, 1.165) is 0 Å². The van der Waals surface area contributed by atoms with E-state index in [1.54, 1.807) is 36.4 Å². The molecule has 30 heavy (non-hydrogen) atoms. The Morgan fingerprint density at radius 2 is 1.70 bits per heavy atom. The van der Waals surface area contributed by atoms with Crippen LogP contribution in [-0.4, -0.2) is 13.0 Å². The summed E-state index contributed by atoms with van der Waals surface area (Å²) in [5, 5.41) is 21.3. The summed E-state index contributed by atoms with van der Waals surface area (Å²) in [6.07, 6.45) is 0.112. The molecule has 0 spiro atoms. The van der Waals surface area contributed by atoms with Gasteiger partial charge in [0.15, 0.2) is 0 Å². The number of nitriles is 2. The van der Waals surface area contributed by atoms with Gasteiger partial charge in [0.2, 0.25) is 5.91 Å². The molecule has 1 N–H and O–H groups in total. The zero-order valence-corrected chi connectivity index (χ0v) is 16.7. The van der Waals surface area contributed by atoms with Crippen molar-refractivity contribution in [2.75, 3.05) is 12.4 Å². The van der Waals surface area contributed by atoms with Crippen LogP contribution in [0.3, 0.4) is 0 Å². The Morgan fingerprint density at radius 1 is 1.00 bits per heavy atom. The number of amides is 1.